The number of aliphatic imine (C=N–C) groups is 1. The first-order valence-electron chi connectivity index (χ1n) is 11.9. The van der Waals surface area contributed by atoms with Gasteiger partial charge in [0.15, 0.2) is 5.78 Å². The molecule has 7 nitrogen and oxygen atoms in total. The van der Waals surface area contributed by atoms with Gasteiger partial charge in [0.25, 0.3) is 5.91 Å². The van der Waals surface area contributed by atoms with Crippen LogP contribution in [-0.2, 0) is 11.0 Å². The van der Waals surface area contributed by atoms with Gasteiger partial charge in [-0.05, 0) is 62.6 Å². The lowest BCUT2D eigenvalue weighted by Gasteiger charge is -2.29. The molecule has 1 aromatic heterocycles. The van der Waals surface area contributed by atoms with Gasteiger partial charge in [0, 0.05) is 36.8 Å². The van der Waals surface area contributed by atoms with E-state index < -0.39 is 28.5 Å². The molecule has 1 aliphatic rings. The summed E-state index contributed by atoms with van der Waals surface area (Å²) in [6, 6.07) is 8.56. The molecule has 1 fully saturated rings. The highest BCUT2D eigenvalue weighted by Crippen LogP contribution is 2.36. The minimum Gasteiger partial charge on any atom is -0.372 e. The van der Waals surface area contributed by atoms with Crippen molar-refractivity contribution in [3.8, 4) is 5.69 Å². The van der Waals surface area contributed by atoms with Crippen molar-refractivity contribution < 1.29 is 22.8 Å². The Kier molecular flexibility index (Phi) is 8.01. The lowest BCUT2D eigenvalue weighted by Crippen LogP contribution is -2.29. The van der Waals surface area contributed by atoms with Crippen LogP contribution in [0.3, 0.4) is 0 Å². The number of amides is 1. The van der Waals surface area contributed by atoms with Crippen molar-refractivity contribution >= 4 is 40.9 Å². The summed E-state index contributed by atoms with van der Waals surface area (Å²) in [4.78, 5) is 32.2. The molecule has 3 aromatic rings. The molecule has 1 saturated heterocycles. The topological polar surface area (TPSA) is 79.6 Å². The number of aromatic nitrogens is 2. The second-order valence-electron chi connectivity index (χ2n) is 8.73. The Morgan fingerprint density at radius 2 is 1.82 bits per heavy atom. The van der Waals surface area contributed by atoms with Gasteiger partial charge in [-0.1, -0.05) is 18.2 Å². The number of piperidine rings is 1. The summed E-state index contributed by atoms with van der Waals surface area (Å²) in [7, 11) is 0. The van der Waals surface area contributed by atoms with Crippen molar-refractivity contribution in [2.45, 2.75) is 32.4 Å². The monoisotopic (exact) mass is 543 g/mol. The first kappa shape index (κ1) is 27.1. The van der Waals surface area contributed by atoms with Crippen LogP contribution in [-0.4, -0.2) is 40.8 Å². The van der Waals surface area contributed by atoms with E-state index in [0.29, 0.717) is 0 Å². The molecule has 2 aromatic carbocycles. The van der Waals surface area contributed by atoms with Crippen LogP contribution >= 0.6 is 11.6 Å². The minimum atomic E-state index is -4.65. The molecule has 0 saturated carbocycles. The maximum Gasteiger partial charge on any atom is 0.417 e. The van der Waals surface area contributed by atoms with Gasteiger partial charge in [0.05, 0.1) is 33.7 Å². The number of halogens is 4. The second kappa shape index (κ2) is 11.2. The van der Waals surface area contributed by atoms with Gasteiger partial charge >= 0.3 is 6.18 Å². The molecule has 0 unspecified atom stereocenters. The Bertz CT molecular complexity index is 1410. The molecule has 0 radical (unpaired) electrons. The van der Waals surface area contributed by atoms with Crippen LogP contribution < -0.4 is 10.2 Å². The molecule has 4 rings (SSSR count). The summed E-state index contributed by atoms with van der Waals surface area (Å²) in [5, 5.41) is 6.35. The number of alkyl halides is 3. The molecule has 1 amide bonds. The van der Waals surface area contributed by atoms with Crippen molar-refractivity contribution in [3.05, 3.63) is 82.8 Å². The number of rotatable bonds is 7. The molecule has 38 heavy (non-hydrogen) atoms. The Balaban J connectivity index is 1.70. The third-order valence-corrected chi connectivity index (χ3v) is 6.46. The summed E-state index contributed by atoms with van der Waals surface area (Å²) >= 11 is 5.73. The van der Waals surface area contributed by atoms with Crippen LogP contribution in [0.4, 0.5) is 24.5 Å². The van der Waals surface area contributed by atoms with Gasteiger partial charge in [0.2, 0.25) is 0 Å². The Morgan fingerprint density at radius 1 is 1.11 bits per heavy atom. The zero-order valence-corrected chi connectivity index (χ0v) is 21.3. The minimum absolute atomic E-state index is 0.0259. The van der Waals surface area contributed by atoms with Crippen LogP contribution in [0.1, 0.15) is 47.7 Å². The number of carbonyl (C=O) groups excluding carboxylic acids is 2. The van der Waals surface area contributed by atoms with Crippen LogP contribution in [0.15, 0.2) is 66.1 Å². The molecule has 0 bridgehead atoms. The maximum atomic E-state index is 13.6. The van der Waals surface area contributed by atoms with Gasteiger partial charge in [0.1, 0.15) is 5.70 Å². The van der Waals surface area contributed by atoms with E-state index in [-0.39, 0.29) is 28.2 Å². The van der Waals surface area contributed by atoms with E-state index in [9.17, 15) is 22.8 Å². The number of nitrogens with zero attached hydrogens (tertiary/aromatic N) is 4. The fraction of sp³-hybridized carbons (Fsp3) is 0.259. The molecule has 0 spiro atoms. The first-order valence-corrected chi connectivity index (χ1v) is 12.3. The quantitative estimate of drug-likeness (QED) is 0.215. The third kappa shape index (κ3) is 5.96. The lowest BCUT2D eigenvalue weighted by atomic mass is 10.0. The predicted octanol–water partition coefficient (Wildman–Crippen LogP) is 6.31. The fourth-order valence-electron chi connectivity index (χ4n) is 4.20. The van der Waals surface area contributed by atoms with Gasteiger partial charge in [-0.3, -0.25) is 14.6 Å². The molecular formula is C27H25ClF3N5O2. The number of ketones is 1. The number of hydrogen-bond donors (Lipinski definition) is 1. The number of benzene rings is 2. The lowest BCUT2D eigenvalue weighted by molar-refractivity contribution is -0.137. The molecular weight excluding hydrogens is 519 g/mol. The first-order chi connectivity index (χ1) is 18.1. The number of nitrogens with one attached hydrogen (secondary N) is 1. The normalized spacial score (nSPS) is 14.1. The highest BCUT2D eigenvalue weighted by molar-refractivity contribution is 6.31. The van der Waals surface area contributed by atoms with Crippen LogP contribution in [0.5, 0.6) is 0 Å². The van der Waals surface area contributed by atoms with E-state index in [4.69, 9.17) is 11.6 Å². The highest BCUT2D eigenvalue weighted by atomic mass is 35.5. The molecule has 11 heteroatoms. The van der Waals surface area contributed by atoms with Crippen LogP contribution in [0.2, 0.25) is 5.02 Å². The van der Waals surface area contributed by atoms with E-state index in [2.05, 4.69) is 26.9 Å². The summed E-state index contributed by atoms with van der Waals surface area (Å²) < 4.78 is 41.1. The molecule has 2 heterocycles. The van der Waals surface area contributed by atoms with Crippen molar-refractivity contribution in [3.63, 3.8) is 0 Å². The smallest absolute Gasteiger partial charge is 0.372 e. The van der Waals surface area contributed by atoms with E-state index in [1.54, 1.807) is 19.1 Å². The molecule has 198 valence electrons. The van der Waals surface area contributed by atoms with Crippen molar-refractivity contribution in [1.82, 2.24) is 9.78 Å². The maximum absolute atomic E-state index is 13.6. The summed E-state index contributed by atoms with van der Waals surface area (Å²) in [6.45, 7) is 6.96. The number of hydrogen-bond acceptors (Lipinski definition) is 5. The van der Waals surface area contributed by atoms with Crippen molar-refractivity contribution in [1.29, 1.82) is 0 Å². The Labute approximate surface area is 222 Å². The third-order valence-electron chi connectivity index (χ3n) is 6.13. The van der Waals surface area contributed by atoms with Gasteiger partial charge < -0.3 is 10.2 Å². The zero-order valence-electron chi connectivity index (χ0n) is 20.6. The second-order valence-corrected chi connectivity index (χ2v) is 9.14. The van der Waals surface area contributed by atoms with Gasteiger partial charge in [-0.2, -0.15) is 18.3 Å². The van der Waals surface area contributed by atoms with E-state index >= 15 is 0 Å². The standard InChI is InChI=1S/C27H25ClF3N5O2/c1-3-32-17(2)26(38)34-24-10-8-19(35-11-5-4-6-12-35)13-21(24)25(37)18-15-33-36(16-18)20-7-9-23(28)22(14-20)27(29,30)31/h3,7-10,13-16H,2,4-6,11-12H2,1H3,(H,34,38)/b32-3-. The molecule has 0 atom stereocenters. The summed E-state index contributed by atoms with van der Waals surface area (Å²) in [6.07, 6.45) is 2.59. The number of carbonyl (C=O) groups is 2. The average Bonchev–Trinajstić information content (AvgIpc) is 3.39. The Hall–Kier alpha value is -3.92. The van der Waals surface area contributed by atoms with Crippen molar-refractivity contribution in [2.24, 2.45) is 4.99 Å². The number of anilines is 2. The van der Waals surface area contributed by atoms with Crippen LogP contribution in [0, 0.1) is 0 Å². The highest BCUT2D eigenvalue weighted by Gasteiger charge is 2.33. The largest absolute Gasteiger partial charge is 0.417 e. The Morgan fingerprint density at radius 3 is 2.50 bits per heavy atom. The molecule has 1 N–H and O–H groups in total. The predicted molar refractivity (Wildman–Crippen MR) is 141 cm³/mol. The molecule has 0 aliphatic carbocycles. The van der Waals surface area contributed by atoms with E-state index in [1.165, 1.54) is 29.4 Å². The summed E-state index contributed by atoms with van der Waals surface area (Å²) in [5.74, 6) is -1.03. The van der Waals surface area contributed by atoms with E-state index in [0.717, 1.165) is 50.2 Å². The van der Waals surface area contributed by atoms with Gasteiger partial charge in [-0.25, -0.2) is 4.68 Å². The SMILES string of the molecule is C=C(/N=C\C)C(=O)Nc1ccc(N2CCCCC2)cc1C(=O)c1cnn(-c2ccc(Cl)c(C(F)(F)F)c2)c1. The zero-order chi connectivity index (χ0) is 27.4. The molecule has 1 aliphatic heterocycles. The van der Waals surface area contributed by atoms with E-state index in [1.807, 2.05) is 6.07 Å². The van der Waals surface area contributed by atoms with Crippen LogP contribution in [0.25, 0.3) is 5.69 Å². The summed E-state index contributed by atoms with van der Waals surface area (Å²) in [5.41, 5.74) is 0.482. The van der Waals surface area contributed by atoms with Gasteiger partial charge in [-0.15, -0.1) is 0 Å². The van der Waals surface area contributed by atoms with Crippen molar-refractivity contribution in [2.75, 3.05) is 23.3 Å². The average molecular weight is 544 g/mol. The fourth-order valence-corrected chi connectivity index (χ4v) is 4.42.